The number of amides is 1. The van der Waals surface area contributed by atoms with Gasteiger partial charge in [-0.3, -0.25) is 4.79 Å². The second-order valence-corrected chi connectivity index (χ2v) is 8.60. The van der Waals surface area contributed by atoms with Crippen molar-refractivity contribution in [2.75, 3.05) is 6.61 Å². The number of thiophene rings is 1. The van der Waals surface area contributed by atoms with Crippen LogP contribution in [0.3, 0.4) is 0 Å². The summed E-state index contributed by atoms with van der Waals surface area (Å²) < 4.78 is 11.7. The predicted octanol–water partition coefficient (Wildman–Crippen LogP) is 5.96. The molecule has 0 saturated heterocycles. The number of fused-ring (bicyclic) bond motifs is 1. The van der Waals surface area contributed by atoms with E-state index in [9.17, 15) is 9.59 Å². The van der Waals surface area contributed by atoms with E-state index in [-0.39, 0.29) is 6.61 Å². The van der Waals surface area contributed by atoms with Crippen molar-refractivity contribution in [3.8, 4) is 11.5 Å². The lowest BCUT2D eigenvalue weighted by Crippen LogP contribution is -2.24. The van der Waals surface area contributed by atoms with Crippen LogP contribution in [0, 0.1) is 0 Å². The smallest absolute Gasteiger partial charge is 0.355 e. The molecule has 0 aliphatic carbocycles. The van der Waals surface area contributed by atoms with Crippen LogP contribution in [0.1, 0.15) is 15.2 Å². The summed E-state index contributed by atoms with van der Waals surface area (Å²) >= 11 is 13.4. The lowest BCUT2D eigenvalue weighted by atomic mass is 10.2. The third kappa shape index (κ3) is 5.90. The van der Waals surface area contributed by atoms with Gasteiger partial charge in [-0.25, -0.2) is 10.2 Å². The monoisotopic (exact) mass is 498 g/mol. The molecule has 0 atom stereocenters. The van der Waals surface area contributed by atoms with E-state index in [0.29, 0.717) is 32.0 Å². The first-order valence-electron chi connectivity index (χ1n) is 9.69. The van der Waals surface area contributed by atoms with Crippen LogP contribution in [0.15, 0.2) is 77.9 Å². The van der Waals surface area contributed by atoms with Gasteiger partial charge in [0.05, 0.1) is 11.2 Å². The molecule has 4 aromatic rings. The molecule has 1 heterocycles. The first-order valence-corrected chi connectivity index (χ1v) is 11.3. The average Bonchev–Trinajstić information content (AvgIpc) is 3.17. The summed E-state index contributed by atoms with van der Waals surface area (Å²) in [4.78, 5) is 24.7. The SMILES string of the molecule is O=C(COc1ccc(Cl)cc1)N/N=C\c1ccc(OC(=O)c2sc3ccccc3c2Cl)cc1. The van der Waals surface area contributed by atoms with Crippen molar-refractivity contribution in [2.45, 2.75) is 0 Å². The number of nitrogens with one attached hydrogen (secondary N) is 1. The zero-order valence-corrected chi connectivity index (χ0v) is 19.3. The van der Waals surface area contributed by atoms with Gasteiger partial charge in [-0.1, -0.05) is 41.4 Å². The van der Waals surface area contributed by atoms with Gasteiger partial charge in [0.15, 0.2) is 6.61 Å². The number of benzene rings is 3. The zero-order valence-electron chi connectivity index (χ0n) is 17.0. The minimum Gasteiger partial charge on any atom is -0.484 e. The number of nitrogens with zero attached hydrogens (tertiary/aromatic N) is 1. The maximum atomic E-state index is 12.5. The number of hydrazone groups is 1. The molecule has 0 unspecified atom stereocenters. The van der Waals surface area contributed by atoms with Gasteiger partial charge < -0.3 is 9.47 Å². The molecule has 0 fully saturated rings. The number of hydrogen-bond acceptors (Lipinski definition) is 6. The number of rotatable bonds is 7. The minimum absolute atomic E-state index is 0.186. The molecule has 0 bridgehead atoms. The number of carbonyl (C=O) groups is 2. The van der Waals surface area contributed by atoms with Gasteiger partial charge in [0.2, 0.25) is 0 Å². The normalized spacial score (nSPS) is 11.0. The molecule has 0 spiro atoms. The molecule has 4 rings (SSSR count). The Kier molecular flexibility index (Phi) is 7.24. The van der Waals surface area contributed by atoms with Crippen molar-refractivity contribution in [1.29, 1.82) is 0 Å². The highest BCUT2D eigenvalue weighted by atomic mass is 35.5. The molecule has 0 radical (unpaired) electrons. The van der Waals surface area contributed by atoms with Gasteiger partial charge in [-0.2, -0.15) is 5.10 Å². The lowest BCUT2D eigenvalue weighted by Gasteiger charge is -2.05. The third-order valence-electron chi connectivity index (χ3n) is 4.40. The summed E-state index contributed by atoms with van der Waals surface area (Å²) in [6.07, 6.45) is 1.47. The summed E-state index contributed by atoms with van der Waals surface area (Å²) in [7, 11) is 0. The van der Waals surface area contributed by atoms with Crippen molar-refractivity contribution in [3.05, 3.63) is 93.3 Å². The Bertz CT molecular complexity index is 1320. The number of hydrogen-bond donors (Lipinski definition) is 1. The van der Waals surface area contributed by atoms with Crippen molar-refractivity contribution >= 4 is 62.7 Å². The van der Waals surface area contributed by atoms with E-state index in [0.717, 1.165) is 10.1 Å². The molecule has 6 nitrogen and oxygen atoms in total. The van der Waals surface area contributed by atoms with Crippen molar-refractivity contribution in [3.63, 3.8) is 0 Å². The molecule has 1 amide bonds. The first kappa shape index (κ1) is 22.8. The van der Waals surface area contributed by atoms with E-state index in [4.69, 9.17) is 32.7 Å². The minimum atomic E-state index is -0.518. The van der Waals surface area contributed by atoms with Crippen LogP contribution in [0.5, 0.6) is 11.5 Å². The van der Waals surface area contributed by atoms with E-state index in [2.05, 4.69) is 10.5 Å². The van der Waals surface area contributed by atoms with E-state index in [1.165, 1.54) is 17.6 Å². The van der Waals surface area contributed by atoms with Crippen LogP contribution in [-0.4, -0.2) is 24.7 Å². The van der Waals surface area contributed by atoms with E-state index >= 15 is 0 Å². The Labute approximate surface area is 203 Å². The number of halogens is 2. The van der Waals surface area contributed by atoms with Crippen LogP contribution in [0.4, 0.5) is 0 Å². The van der Waals surface area contributed by atoms with Gasteiger partial charge in [-0.05, 0) is 60.2 Å². The Morgan fingerprint density at radius 3 is 2.36 bits per heavy atom. The number of esters is 1. The first-order chi connectivity index (χ1) is 16.0. The van der Waals surface area contributed by atoms with Crippen LogP contribution in [0.25, 0.3) is 10.1 Å². The van der Waals surface area contributed by atoms with Crippen LogP contribution < -0.4 is 14.9 Å². The Balaban J connectivity index is 1.29. The standard InChI is InChI=1S/C24H16Cl2N2O4S/c25-16-7-11-17(12-8-16)31-14-21(29)28-27-13-15-5-9-18(10-6-15)32-24(30)23-22(26)19-3-1-2-4-20(19)33-23/h1-13H,14H2,(H,28,29)/b27-13-. The molecule has 166 valence electrons. The fourth-order valence-corrected chi connectivity index (χ4v) is 4.32. The number of carbonyl (C=O) groups excluding carboxylic acids is 2. The maximum Gasteiger partial charge on any atom is 0.355 e. The molecular weight excluding hydrogens is 483 g/mol. The van der Waals surface area contributed by atoms with Crippen LogP contribution >= 0.6 is 34.5 Å². The summed E-state index contributed by atoms with van der Waals surface area (Å²) in [6.45, 7) is -0.186. The van der Waals surface area contributed by atoms with Gasteiger partial charge in [0, 0.05) is 15.1 Å². The van der Waals surface area contributed by atoms with Gasteiger partial charge in [0.25, 0.3) is 5.91 Å². The molecule has 9 heteroatoms. The highest BCUT2D eigenvalue weighted by molar-refractivity contribution is 7.21. The van der Waals surface area contributed by atoms with Gasteiger partial charge in [0.1, 0.15) is 16.4 Å². The summed E-state index contributed by atoms with van der Waals surface area (Å²) in [5, 5.41) is 5.69. The Morgan fingerprint density at radius 2 is 1.64 bits per heavy atom. The average molecular weight is 499 g/mol. The molecule has 3 aromatic carbocycles. The quantitative estimate of drug-likeness (QED) is 0.147. The third-order valence-corrected chi connectivity index (χ3v) is 6.30. The summed E-state index contributed by atoms with van der Waals surface area (Å²) in [6, 6.07) is 20.9. The van der Waals surface area contributed by atoms with E-state index < -0.39 is 11.9 Å². The Hall–Kier alpha value is -3.39. The highest BCUT2D eigenvalue weighted by Gasteiger charge is 2.18. The van der Waals surface area contributed by atoms with Gasteiger partial charge in [-0.15, -0.1) is 11.3 Å². The molecular formula is C24H16Cl2N2O4S. The molecule has 1 N–H and O–H groups in total. The van der Waals surface area contributed by atoms with Crippen molar-refractivity contribution in [2.24, 2.45) is 5.10 Å². The summed E-state index contributed by atoms with van der Waals surface area (Å²) in [5.74, 6) is -0.0331. The molecule has 1 aromatic heterocycles. The fourth-order valence-electron chi connectivity index (χ4n) is 2.81. The zero-order chi connectivity index (χ0) is 23.2. The number of ether oxygens (including phenoxy) is 2. The lowest BCUT2D eigenvalue weighted by molar-refractivity contribution is -0.123. The second kappa shape index (κ2) is 10.5. The molecule has 33 heavy (non-hydrogen) atoms. The second-order valence-electron chi connectivity index (χ2n) is 6.74. The predicted molar refractivity (Wildman–Crippen MR) is 131 cm³/mol. The van der Waals surface area contributed by atoms with E-state index in [1.54, 1.807) is 48.5 Å². The largest absolute Gasteiger partial charge is 0.484 e. The fraction of sp³-hybridized carbons (Fsp3) is 0.0417. The topological polar surface area (TPSA) is 77.0 Å². The summed E-state index contributed by atoms with van der Waals surface area (Å²) in [5.41, 5.74) is 3.08. The van der Waals surface area contributed by atoms with E-state index in [1.807, 2.05) is 24.3 Å². The molecule has 0 aliphatic heterocycles. The van der Waals surface area contributed by atoms with Crippen molar-refractivity contribution in [1.82, 2.24) is 5.43 Å². The van der Waals surface area contributed by atoms with Crippen molar-refractivity contribution < 1.29 is 19.1 Å². The maximum absolute atomic E-state index is 12.5. The van der Waals surface area contributed by atoms with Gasteiger partial charge >= 0.3 is 5.97 Å². The highest BCUT2D eigenvalue weighted by Crippen LogP contribution is 2.35. The molecule has 0 saturated carbocycles. The molecule has 0 aliphatic rings. The van der Waals surface area contributed by atoms with Crippen LogP contribution in [-0.2, 0) is 4.79 Å². The van der Waals surface area contributed by atoms with Crippen LogP contribution in [0.2, 0.25) is 10.0 Å². The Morgan fingerprint density at radius 1 is 0.939 bits per heavy atom.